The summed E-state index contributed by atoms with van der Waals surface area (Å²) in [4.78, 5) is 8.20. The molecule has 0 radical (unpaired) electrons. The van der Waals surface area contributed by atoms with Crippen LogP contribution in [0.15, 0.2) is 29.3 Å². The second-order valence-electron chi connectivity index (χ2n) is 2.57. The first-order valence-electron chi connectivity index (χ1n) is 3.74. The van der Waals surface area contributed by atoms with E-state index in [9.17, 15) is 0 Å². The van der Waals surface area contributed by atoms with Crippen LogP contribution in [0.2, 0.25) is 0 Å². The van der Waals surface area contributed by atoms with E-state index in [0.29, 0.717) is 10.6 Å². The number of halogens is 1. The van der Waals surface area contributed by atoms with Crippen molar-refractivity contribution in [3.63, 3.8) is 0 Å². The Hall–Kier alpha value is -1.23. The van der Waals surface area contributed by atoms with Crippen LogP contribution in [0.1, 0.15) is 0 Å². The summed E-state index contributed by atoms with van der Waals surface area (Å²) < 4.78 is 2.38. The van der Waals surface area contributed by atoms with Gasteiger partial charge in [-0.1, -0.05) is 0 Å². The van der Waals surface area contributed by atoms with Crippen molar-refractivity contribution < 1.29 is 0 Å². The van der Waals surface area contributed by atoms with Crippen LogP contribution in [0.5, 0.6) is 0 Å². The Morgan fingerprint density at radius 1 is 1.46 bits per heavy atom. The van der Waals surface area contributed by atoms with Crippen molar-refractivity contribution in [2.75, 3.05) is 0 Å². The molecule has 2 rings (SSSR count). The summed E-state index contributed by atoms with van der Waals surface area (Å²) in [5.74, 6) is 0.683. The summed E-state index contributed by atoms with van der Waals surface area (Å²) in [6.45, 7) is 0. The highest BCUT2D eigenvalue weighted by molar-refractivity contribution is 9.10. The molecule has 0 N–H and O–H groups in total. The Morgan fingerprint density at radius 3 is 2.85 bits per heavy atom. The molecule has 66 valence electrons. The zero-order valence-corrected chi connectivity index (χ0v) is 8.56. The van der Waals surface area contributed by atoms with Crippen LogP contribution in [0.4, 0.5) is 0 Å². The van der Waals surface area contributed by atoms with Crippen LogP contribution in [-0.2, 0) is 7.05 Å². The van der Waals surface area contributed by atoms with Gasteiger partial charge in [0.1, 0.15) is 0 Å². The van der Waals surface area contributed by atoms with Crippen LogP contribution in [-0.4, -0.2) is 19.7 Å². The molecule has 0 aliphatic carbocycles. The maximum atomic E-state index is 4.21. The van der Waals surface area contributed by atoms with Gasteiger partial charge in [-0.25, -0.2) is 9.67 Å². The van der Waals surface area contributed by atoms with Crippen molar-refractivity contribution in [3.05, 3.63) is 29.3 Å². The summed E-state index contributed by atoms with van der Waals surface area (Å²) in [5, 5.41) is 4.20. The van der Waals surface area contributed by atoms with Gasteiger partial charge in [-0.05, 0) is 28.1 Å². The summed E-state index contributed by atoms with van der Waals surface area (Å²) in [7, 11) is 1.83. The molecule has 0 bridgehead atoms. The van der Waals surface area contributed by atoms with E-state index in [2.05, 4.69) is 31.0 Å². The van der Waals surface area contributed by atoms with Gasteiger partial charge in [0.15, 0.2) is 10.6 Å². The van der Waals surface area contributed by atoms with Gasteiger partial charge in [0.05, 0.1) is 0 Å². The third-order valence-corrected chi connectivity index (χ3v) is 2.32. The standard InChI is InChI=1S/C8H7BrN4/c1-13-8(9)11-7(12-13)6-3-2-4-10-5-6/h2-5H,1H3. The molecule has 13 heavy (non-hydrogen) atoms. The lowest BCUT2D eigenvalue weighted by Gasteiger charge is -1.90. The summed E-state index contributed by atoms with van der Waals surface area (Å²) in [6.07, 6.45) is 3.46. The zero-order valence-electron chi connectivity index (χ0n) is 6.98. The van der Waals surface area contributed by atoms with Gasteiger partial charge >= 0.3 is 0 Å². The van der Waals surface area contributed by atoms with Crippen molar-refractivity contribution in [2.45, 2.75) is 0 Å². The molecule has 0 fully saturated rings. The average Bonchev–Trinajstić information content (AvgIpc) is 2.49. The van der Waals surface area contributed by atoms with E-state index in [-0.39, 0.29) is 0 Å². The largest absolute Gasteiger partial charge is 0.264 e. The lowest BCUT2D eigenvalue weighted by Crippen LogP contribution is -1.89. The molecule has 0 atom stereocenters. The Balaban J connectivity index is 2.48. The summed E-state index contributed by atoms with van der Waals surface area (Å²) in [6, 6.07) is 3.79. The van der Waals surface area contributed by atoms with E-state index >= 15 is 0 Å². The number of nitrogens with zero attached hydrogens (tertiary/aromatic N) is 4. The summed E-state index contributed by atoms with van der Waals surface area (Å²) in [5.41, 5.74) is 0.920. The zero-order chi connectivity index (χ0) is 9.26. The topological polar surface area (TPSA) is 43.6 Å². The van der Waals surface area contributed by atoms with Gasteiger partial charge in [0.2, 0.25) is 0 Å². The fourth-order valence-corrected chi connectivity index (χ4v) is 1.23. The van der Waals surface area contributed by atoms with E-state index in [4.69, 9.17) is 0 Å². The highest BCUT2D eigenvalue weighted by Gasteiger charge is 2.05. The fraction of sp³-hybridized carbons (Fsp3) is 0.125. The first-order valence-corrected chi connectivity index (χ1v) is 4.53. The van der Waals surface area contributed by atoms with E-state index in [0.717, 1.165) is 5.56 Å². The first-order chi connectivity index (χ1) is 6.27. The lowest BCUT2D eigenvalue weighted by atomic mass is 10.3. The molecule has 0 saturated carbocycles. The molecule has 0 aromatic carbocycles. The number of hydrogen-bond acceptors (Lipinski definition) is 3. The molecule has 0 spiro atoms. The Bertz CT molecular complexity index is 390. The Kier molecular flexibility index (Phi) is 2.10. The predicted octanol–water partition coefficient (Wildman–Crippen LogP) is 1.64. The van der Waals surface area contributed by atoms with Gasteiger partial charge in [-0.3, -0.25) is 4.98 Å². The van der Waals surface area contributed by atoms with Crippen LogP contribution < -0.4 is 0 Å². The molecule has 0 aliphatic rings. The van der Waals surface area contributed by atoms with Crippen molar-refractivity contribution in [3.8, 4) is 11.4 Å². The van der Waals surface area contributed by atoms with Crippen LogP contribution in [0.25, 0.3) is 11.4 Å². The van der Waals surface area contributed by atoms with Crippen molar-refractivity contribution in [1.82, 2.24) is 19.7 Å². The monoisotopic (exact) mass is 238 g/mol. The van der Waals surface area contributed by atoms with E-state index in [1.54, 1.807) is 17.1 Å². The van der Waals surface area contributed by atoms with Crippen molar-refractivity contribution in [2.24, 2.45) is 7.05 Å². The number of aryl methyl sites for hydroxylation is 1. The number of hydrogen-bond donors (Lipinski definition) is 0. The molecular weight excluding hydrogens is 232 g/mol. The second kappa shape index (κ2) is 3.26. The number of rotatable bonds is 1. The molecule has 2 aromatic rings. The molecule has 2 heterocycles. The van der Waals surface area contributed by atoms with Gasteiger partial charge in [0, 0.05) is 25.0 Å². The molecule has 4 nitrogen and oxygen atoms in total. The van der Waals surface area contributed by atoms with Gasteiger partial charge in [-0.2, -0.15) is 5.10 Å². The van der Waals surface area contributed by atoms with Crippen LogP contribution in [0, 0.1) is 0 Å². The molecule has 0 amide bonds. The quantitative estimate of drug-likeness (QED) is 0.759. The summed E-state index contributed by atoms with van der Waals surface area (Å²) >= 11 is 3.28. The maximum Gasteiger partial charge on any atom is 0.195 e. The smallest absolute Gasteiger partial charge is 0.195 e. The highest BCUT2D eigenvalue weighted by atomic mass is 79.9. The van der Waals surface area contributed by atoms with E-state index in [1.165, 1.54) is 0 Å². The normalized spacial score (nSPS) is 10.3. The maximum absolute atomic E-state index is 4.21. The fourth-order valence-electron chi connectivity index (χ4n) is 0.983. The Morgan fingerprint density at radius 2 is 2.31 bits per heavy atom. The van der Waals surface area contributed by atoms with E-state index in [1.807, 2.05) is 19.2 Å². The third-order valence-electron chi connectivity index (χ3n) is 1.63. The van der Waals surface area contributed by atoms with E-state index < -0.39 is 0 Å². The molecule has 0 aliphatic heterocycles. The third kappa shape index (κ3) is 1.60. The van der Waals surface area contributed by atoms with Crippen LogP contribution in [0.3, 0.4) is 0 Å². The van der Waals surface area contributed by atoms with Crippen molar-refractivity contribution >= 4 is 15.9 Å². The van der Waals surface area contributed by atoms with Gasteiger partial charge in [0.25, 0.3) is 0 Å². The number of aromatic nitrogens is 4. The minimum Gasteiger partial charge on any atom is -0.264 e. The van der Waals surface area contributed by atoms with Gasteiger partial charge in [-0.15, -0.1) is 0 Å². The minimum absolute atomic E-state index is 0.683. The molecule has 2 aromatic heterocycles. The lowest BCUT2D eigenvalue weighted by molar-refractivity contribution is 0.747. The van der Waals surface area contributed by atoms with Gasteiger partial charge < -0.3 is 0 Å². The molecule has 5 heteroatoms. The number of pyridine rings is 1. The van der Waals surface area contributed by atoms with Crippen molar-refractivity contribution in [1.29, 1.82) is 0 Å². The minimum atomic E-state index is 0.683. The SMILES string of the molecule is Cn1nc(-c2cccnc2)nc1Br. The predicted molar refractivity (Wildman–Crippen MR) is 51.9 cm³/mol. The molecule has 0 unspecified atom stereocenters. The first kappa shape index (κ1) is 8.37. The highest BCUT2D eigenvalue weighted by Crippen LogP contribution is 2.15. The molecule has 0 saturated heterocycles. The van der Waals surface area contributed by atoms with Crippen LogP contribution >= 0.6 is 15.9 Å². The second-order valence-corrected chi connectivity index (χ2v) is 3.28. The Labute approximate surface area is 83.8 Å². The average molecular weight is 239 g/mol. The molecular formula is C8H7BrN4.